The summed E-state index contributed by atoms with van der Waals surface area (Å²) in [4.78, 5) is 26.2. The van der Waals surface area contributed by atoms with Gasteiger partial charge < -0.3 is 15.7 Å². The van der Waals surface area contributed by atoms with E-state index in [-0.39, 0.29) is 6.17 Å². The topological polar surface area (TPSA) is 115 Å². The number of hydrogen-bond donors (Lipinski definition) is 5. The standard InChI is InChI=1S/C16H25F4N5O4/c17-9-6-11(8(15(27)28)5-12(9)29-16(18,19)20)22-14(26)10-1-2-13(24-23-10)25-4-3-21-7-25/h8-13,21,23-24H,1-7H2,(H,22,26)(H,27,28). The Hall–Kier alpha value is -1.54. The molecule has 0 spiro atoms. The van der Waals surface area contributed by atoms with Crippen molar-refractivity contribution in [1.82, 2.24) is 26.4 Å². The van der Waals surface area contributed by atoms with Crippen LogP contribution in [0.2, 0.25) is 0 Å². The van der Waals surface area contributed by atoms with Gasteiger partial charge in [-0.25, -0.2) is 15.2 Å². The van der Waals surface area contributed by atoms with E-state index >= 15 is 0 Å². The van der Waals surface area contributed by atoms with E-state index in [1.54, 1.807) is 0 Å². The summed E-state index contributed by atoms with van der Waals surface area (Å²) in [5, 5.41) is 15.0. The van der Waals surface area contributed by atoms with Crippen molar-refractivity contribution in [2.24, 2.45) is 5.92 Å². The van der Waals surface area contributed by atoms with Crippen molar-refractivity contribution in [3.8, 4) is 0 Å². The molecule has 1 amide bonds. The lowest BCUT2D eigenvalue weighted by atomic mass is 9.81. The second-order valence-corrected chi connectivity index (χ2v) is 7.55. The number of alkyl halides is 4. The number of halogens is 4. The van der Waals surface area contributed by atoms with Gasteiger partial charge in [-0.05, 0) is 19.3 Å². The molecule has 0 aromatic carbocycles. The maximum absolute atomic E-state index is 14.2. The van der Waals surface area contributed by atoms with Crippen molar-refractivity contribution in [1.29, 1.82) is 0 Å². The zero-order valence-corrected chi connectivity index (χ0v) is 15.5. The summed E-state index contributed by atoms with van der Waals surface area (Å²) in [6, 6.07) is -1.77. The van der Waals surface area contributed by atoms with Crippen LogP contribution >= 0.6 is 0 Å². The minimum Gasteiger partial charge on any atom is -0.481 e. The van der Waals surface area contributed by atoms with Crippen molar-refractivity contribution >= 4 is 11.9 Å². The molecule has 2 saturated heterocycles. The highest BCUT2D eigenvalue weighted by Gasteiger charge is 2.47. The number of amides is 1. The maximum Gasteiger partial charge on any atom is 0.522 e. The molecule has 0 aromatic heterocycles. The number of aliphatic carboxylic acids is 1. The molecule has 6 atom stereocenters. The average molecular weight is 427 g/mol. The summed E-state index contributed by atoms with van der Waals surface area (Å²) in [6.07, 6.45) is -9.06. The van der Waals surface area contributed by atoms with Crippen molar-refractivity contribution in [3.05, 3.63) is 0 Å². The fraction of sp³-hybridized carbons (Fsp3) is 0.875. The molecular formula is C16H25F4N5O4. The number of carboxylic acids is 1. The SMILES string of the molecule is O=C(NC1CC(F)C(OC(F)(F)F)CC1C(=O)O)C1CCC(N2CCNC2)NN1. The van der Waals surface area contributed by atoms with Crippen LogP contribution < -0.4 is 21.5 Å². The van der Waals surface area contributed by atoms with E-state index in [0.29, 0.717) is 12.8 Å². The fourth-order valence-corrected chi connectivity index (χ4v) is 4.06. The van der Waals surface area contributed by atoms with E-state index in [1.807, 2.05) is 0 Å². The van der Waals surface area contributed by atoms with Gasteiger partial charge in [-0.1, -0.05) is 0 Å². The zero-order valence-electron chi connectivity index (χ0n) is 15.5. The van der Waals surface area contributed by atoms with E-state index in [2.05, 4.69) is 31.1 Å². The highest BCUT2D eigenvalue weighted by molar-refractivity contribution is 5.83. The largest absolute Gasteiger partial charge is 0.522 e. The molecule has 166 valence electrons. The minimum atomic E-state index is -5.06. The normalized spacial score (nSPS) is 36.7. The molecule has 3 aliphatic rings. The number of ether oxygens (including phenoxy) is 1. The first-order valence-electron chi connectivity index (χ1n) is 9.51. The predicted molar refractivity (Wildman–Crippen MR) is 90.8 cm³/mol. The van der Waals surface area contributed by atoms with Crippen LogP contribution in [0.3, 0.4) is 0 Å². The molecule has 0 aromatic rings. The monoisotopic (exact) mass is 427 g/mol. The van der Waals surface area contributed by atoms with Gasteiger partial charge in [0.1, 0.15) is 12.2 Å². The van der Waals surface area contributed by atoms with Gasteiger partial charge in [-0.15, -0.1) is 13.2 Å². The fourth-order valence-electron chi connectivity index (χ4n) is 4.06. The second kappa shape index (κ2) is 9.08. The average Bonchev–Trinajstić information content (AvgIpc) is 3.17. The highest BCUT2D eigenvalue weighted by atomic mass is 19.4. The smallest absolute Gasteiger partial charge is 0.481 e. The van der Waals surface area contributed by atoms with Crippen molar-refractivity contribution in [2.45, 2.75) is 62.6 Å². The molecule has 0 bridgehead atoms. The molecule has 1 aliphatic carbocycles. The molecule has 1 saturated carbocycles. The molecule has 2 heterocycles. The minimum absolute atomic E-state index is 0.0472. The Balaban J connectivity index is 1.54. The third kappa shape index (κ3) is 5.75. The summed E-state index contributed by atoms with van der Waals surface area (Å²) in [6.45, 7) is 2.49. The van der Waals surface area contributed by atoms with Crippen LogP contribution in [0.15, 0.2) is 0 Å². The van der Waals surface area contributed by atoms with Gasteiger partial charge in [0.2, 0.25) is 5.91 Å². The summed E-state index contributed by atoms with van der Waals surface area (Å²) < 4.78 is 55.1. The molecule has 6 unspecified atom stereocenters. The number of carbonyl (C=O) groups is 2. The van der Waals surface area contributed by atoms with Gasteiger partial charge in [-0.2, -0.15) is 0 Å². The third-order valence-electron chi connectivity index (χ3n) is 5.59. The first-order valence-corrected chi connectivity index (χ1v) is 9.51. The lowest BCUT2D eigenvalue weighted by molar-refractivity contribution is -0.352. The Morgan fingerprint density at radius 3 is 2.48 bits per heavy atom. The third-order valence-corrected chi connectivity index (χ3v) is 5.59. The number of rotatable bonds is 5. The van der Waals surface area contributed by atoms with Gasteiger partial charge in [0.15, 0.2) is 0 Å². The summed E-state index contributed by atoms with van der Waals surface area (Å²) in [5.74, 6) is -3.30. The van der Waals surface area contributed by atoms with Crippen LogP contribution in [0.5, 0.6) is 0 Å². The van der Waals surface area contributed by atoms with Crippen LogP contribution in [0, 0.1) is 5.92 Å². The first kappa shape index (κ1) is 22.2. The van der Waals surface area contributed by atoms with Gasteiger partial charge in [-0.3, -0.25) is 19.2 Å². The van der Waals surface area contributed by atoms with Gasteiger partial charge in [0.05, 0.1) is 18.2 Å². The first-order chi connectivity index (χ1) is 13.6. The lowest BCUT2D eigenvalue weighted by Crippen LogP contribution is -2.63. The summed E-state index contributed by atoms with van der Waals surface area (Å²) in [7, 11) is 0. The Kier molecular flexibility index (Phi) is 6.94. The van der Waals surface area contributed by atoms with E-state index in [9.17, 15) is 32.3 Å². The molecule has 5 N–H and O–H groups in total. The molecule has 0 radical (unpaired) electrons. The van der Waals surface area contributed by atoms with E-state index in [0.717, 1.165) is 19.8 Å². The van der Waals surface area contributed by atoms with Crippen LogP contribution in [-0.2, 0) is 14.3 Å². The van der Waals surface area contributed by atoms with Crippen LogP contribution in [0.25, 0.3) is 0 Å². The van der Waals surface area contributed by atoms with Crippen molar-refractivity contribution in [3.63, 3.8) is 0 Å². The number of hydrogen-bond acceptors (Lipinski definition) is 7. The Morgan fingerprint density at radius 1 is 1.17 bits per heavy atom. The number of nitrogens with one attached hydrogen (secondary N) is 4. The second-order valence-electron chi connectivity index (χ2n) is 7.55. The molecule has 29 heavy (non-hydrogen) atoms. The number of carbonyl (C=O) groups excluding carboxylic acids is 1. The quantitative estimate of drug-likeness (QED) is 0.379. The van der Waals surface area contributed by atoms with Crippen LogP contribution in [0.4, 0.5) is 17.6 Å². The molecule has 3 rings (SSSR count). The van der Waals surface area contributed by atoms with Crippen LogP contribution in [-0.4, -0.2) is 78.5 Å². The van der Waals surface area contributed by atoms with Crippen molar-refractivity contribution < 1.29 is 37.0 Å². The van der Waals surface area contributed by atoms with Gasteiger partial charge in [0, 0.05) is 32.2 Å². The summed E-state index contributed by atoms with van der Waals surface area (Å²) >= 11 is 0. The van der Waals surface area contributed by atoms with Gasteiger partial charge >= 0.3 is 12.3 Å². The number of nitrogens with zero attached hydrogens (tertiary/aromatic N) is 1. The van der Waals surface area contributed by atoms with E-state index < -0.39 is 61.4 Å². The molecule has 3 fully saturated rings. The van der Waals surface area contributed by atoms with Crippen molar-refractivity contribution in [2.75, 3.05) is 19.8 Å². The highest BCUT2D eigenvalue weighted by Crippen LogP contribution is 2.33. The Morgan fingerprint density at radius 2 is 1.93 bits per heavy atom. The van der Waals surface area contributed by atoms with E-state index in [4.69, 9.17) is 0 Å². The van der Waals surface area contributed by atoms with E-state index in [1.165, 1.54) is 0 Å². The predicted octanol–water partition coefficient (Wildman–Crippen LogP) is -0.346. The Labute approximate surface area is 164 Å². The Bertz CT molecular complexity index is 596. The lowest BCUT2D eigenvalue weighted by Gasteiger charge is -2.38. The molecule has 2 aliphatic heterocycles. The summed E-state index contributed by atoms with van der Waals surface area (Å²) in [5.41, 5.74) is 5.93. The molecular weight excluding hydrogens is 402 g/mol. The number of carboxylic acid groups (broad SMARTS) is 1. The molecule has 9 nitrogen and oxygen atoms in total. The zero-order chi connectivity index (χ0) is 21.2. The van der Waals surface area contributed by atoms with Crippen LogP contribution in [0.1, 0.15) is 25.7 Å². The molecule has 13 heteroatoms. The van der Waals surface area contributed by atoms with Gasteiger partial charge in [0.25, 0.3) is 0 Å². The number of hydrazine groups is 1. The maximum atomic E-state index is 14.2.